The van der Waals surface area contributed by atoms with E-state index in [0.29, 0.717) is 0 Å². The lowest BCUT2D eigenvalue weighted by atomic mass is 10.2. The zero-order chi connectivity index (χ0) is 15.8. The number of guanidine groups is 1. The summed E-state index contributed by atoms with van der Waals surface area (Å²) in [5.74, 6) is 3.60. The van der Waals surface area contributed by atoms with Crippen LogP contribution in [0.4, 0.5) is 0 Å². The van der Waals surface area contributed by atoms with E-state index in [1.54, 1.807) is 6.26 Å². The number of nitrogens with one attached hydrogen (secondary N) is 2. The molecule has 2 N–H and O–H groups in total. The third-order valence-electron chi connectivity index (χ3n) is 3.28. The first-order valence-corrected chi connectivity index (χ1v) is 7.82. The Bertz CT molecular complexity index is 573. The van der Waals surface area contributed by atoms with Crippen LogP contribution in [0.3, 0.4) is 0 Å². The second kappa shape index (κ2) is 8.32. The van der Waals surface area contributed by atoms with Crippen molar-refractivity contribution in [1.82, 2.24) is 10.6 Å². The molecule has 2 aromatic heterocycles. The highest BCUT2D eigenvalue weighted by atomic mass is 16.3. The second-order valence-corrected chi connectivity index (χ2v) is 5.30. The average Bonchev–Trinajstić information content (AvgIpc) is 3.16. The van der Waals surface area contributed by atoms with Gasteiger partial charge in [-0.25, -0.2) is 0 Å². The van der Waals surface area contributed by atoms with Gasteiger partial charge in [0, 0.05) is 19.5 Å². The Morgan fingerprint density at radius 1 is 1.32 bits per heavy atom. The lowest BCUT2D eigenvalue weighted by molar-refractivity contribution is 0.440. The summed E-state index contributed by atoms with van der Waals surface area (Å²) in [6.07, 6.45) is 3.54. The minimum Gasteiger partial charge on any atom is -0.469 e. The molecule has 2 aromatic rings. The van der Waals surface area contributed by atoms with Crippen LogP contribution in [0.15, 0.2) is 44.4 Å². The van der Waals surface area contributed by atoms with Crippen molar-refractivity contribution in [2.45, 2.75) is 39.7 Å². The third-order valence-corrected chi connectivity index (χ3v) is 3.28. The lowest BCUT2D eigenvalue weighted by Gasteiger charge is -2.16. The van der Waals surface area contributed by atoms with Crippen molar-refractivity contribution < 1.29 is 8.83 Å². The molecule has 0 bridgehead atoms. The quantitative estimate of drug-likeness (QED) is 0.607. The van der Waals surface area contributed by atoms with Crippen molar-refractivity contribution >= 4 is 5.96 Å². The predicted octanol–water partition coefficient (Wildman–Crippen LogP) is 3.43. The van der Waals surface area contributed by atoms with Crippen LogP contribution in [0.5, 0.6) is 0 Å². The van der Waals surface area contributed by atoms with E-state index in [1.165, 1.54) is 0 Å². The van der Waals surface area contributed by atoms with E-state index < -0.39 is 0 Å². The van der Waals surface area contributed by atoms with Gasteiger partial charge in [-0.3, -0.25) is 4.99 Å². The highest BCUT2D eigenvalue weighted by Crippen LogP contribution is 2.15. The number of aliphatic imine (C=N–C) groups is 1. The van der Waals surface area contributed by atoms with Crippen molar-refractivity contribution in [3.05, 3.63) is 47.8 Å². The summed E-state index contributed by atoms with van der Waals surface area (Å²) in [4.78, 5) is 4.56. The fraction of sp³-hybridized carbons (Fsp3) is 0.471. The molecule has 1 unspecified atom stereocenters. The monoisotopic (exact) mass is 303 g/mol. The first-order valence-electron chi connectivity index (χ1n) is 7.82. The van der Waals surface area contributed by atoms with E-state index in [9.17, 15) is 0 Å². The van der Waals surface area contributed by atoms with E-state index >= 15 is 0 Å². The largest absolute Gasteiger partial charge is 0.469 e. The van der Waals surface area contributed by atoms with Crippen LogP contribution >= 0.6 is 0 Å². The first kappa shape index (κ1) is 16.2. The number of aryl methyl sites for hydroxylation is 1. The van der Waals surface area contributed by atoms with Gasteiger partial charge in [-0.1, -0.05) is 6.92 Å². The molecule has 22 heavy (non-hydrogen) atoms. The van der Waals surface area contributed by atoms with Crippen LogP contribution in [0.2, 0.25) is 0 Å². The molecule has 5 nitrogen and oxygen atoms in total. The molecule has 0 spiro atoms. The fourth-order valence-corrected chi connectivity index (χ4v) is 2.10. The summed E-state index contributed by atoms with van der Waals surface area (Å²) in [5, 5.41) is 6.71. The molecule has 120 valence electrons. The van der Waals surface area contributed by atoms with Gasteiger partial charge in [0.2, 0.25) is 0 Å². The van der Waals surface area contributed by atoms with E-state index in [0.717, 1.165) is 49.2 Å². The van der Waals surface area contributed by atoms with Gasteiger partial charge in [-0.05, 0) is 44.5 Å². The van der Waals surface area contributed by atoms with Gasteiger partial charge in [0.1, 0.15) is 17.3 Å². The Morgan fingerprint density at radius 3 is 2.82 bits per heavy atom. The van der Waals surface area contributed by atoms with Gasteiger partial charge in [-0.15, -0.1) is 0 Å². The van der Waals surface area contributed by atoms with Gasteiger partial charge >= 0.3 is 0 Å². The molecule has 0 fully saturated rings. The first-order chi connectivity index (χ1) is 10.7. The SMILES string of the molecule is CCCN=C(NCCc1ccco1)NC(C)c1ccc(C)o1. The van der Waals surface area contributed by atoms with Crippen molar-refractivity contribution in [2.75, 3.05) is 13.1 Å². The lowest BCUT2D eigenvalue weighted by Crippen LogP contribution is -2.39. The molecule has 1 atom stereocenters. The van der Waals surface area contributed by atoms with Crippen molar-refractivity contribution in [3.8, 4) is 0 Å². The van der Waals surface area contributed by atoms with E-state index in [-0.39, 0.29) is 6.04 Å². The Morgan fingerprint density at radius 2 is 2.18 bits per heavy atom. The number of hydrogen-bond acceptors (Lipinski definition) is 3. The maximum atomic E-state index is 5.65. The van der Waals surface area contributed by atoms with Gasteiger partial charge < -0.3 is 19.5 Å². The summed E-state index contributed by atoms with van der Waals surface area (Å²) >= 11 is 0. The molecule has 0 radical (unpaired) electrons. The van der Waals surface area contributed by atoms with Crippen LogP contribution in [0, 0.1) is 6.92 Å². The van der Waals surface area contributed by atoms with Crippen LogP contribution in [-0.2, 0) is 6.42 Å². The highest BCUT2D eigenvalue weighted by molar-refractivity contribution is 5.80. The second-order valence-electron chi connectivity index (χ2n) is 5.30. The maximum absolute atomic E-state index is 5.65. The average molecular weight is 303 g/mol. The number of nitrogens with zero attached hydrogens (tertiary/aromatic N) is 1. The van der Waals surface area contributed by atoms with Gasteiger partial charge in [0.25, 0.3) is 0 Å². The molecular weight excluding hydrogens is 278 g/mol. The standard InChI is InChI=1S/C17H25N3O2/c1-4-10-18-17(19-11-9-15-6-5-12-21-15)20-14(3)16-8-7-13(2)22-16/h5-8,12,14H,4,9-11H2,1-3H3,(H2,18,19,20). The summed E-state index contributed by atoms with van der Waals surface area (Å²) in [6, 6.07) is 7.92. The fourth-order valence-electron chi connectivity index (χ4n) is 2.10. The topological polar surface area (TPSA) is 62.7 Å². The van der Waals surface area contributed by atoms with Crippen LogP contribution < -0.4 is 10.6 Å². The van der Waals surface area contributed by atoms with Crippen LogP contribution in [0.25, 0.3) is 0 Å². The zero-order valence-electron chi connectivity index (χ0n) is 13.6. The molecular formula is C17H25N3O2. The van der Waals surface area contributed by atoms with Gasteiger partial charge in [-0.2, -0.15) is 0 Å². The summed E-state index contributed by atoms with van der Waals surface area (Å²) in [6.45, 7) is 7.69. The molecule has 0 saturated carbocycles. The molecule has 0 aliphatic carbocycles. The number of hydrogen-bond donors (Lipinski definition) is 2. The normalized spacial score (nSPS) is 13.1. The molecule has 2 rings (SSSR count). The minimum absolute atomic E-state index is 0.0698. The molecule has 5 heteroatoms. The number of furan rings is 2. The summed E-state index contributed by atoms with van der Waals surface area (Å²) in [5.41, 5.74) is 0. The molecule has 0 aliphatic rings. The molecule has 0 aliphatic heterocycles. The van der Waals surface area contributed by atoms with Crippen LogP contribution in [-0.4, -0.2) is 19.0 Å². The van der Waals surface area contributed by atoms with Gasteiger partial charge in [0.15, 0.2) is 5.96 Å². The van der Waals surface area contributed by atoms with E-state index in [2.05, 4.69) is 29.5 Å². The summed E-state index contributed by atoms with van der Waals surface area (Å²) in [7, 11) is 0. The summed E-state index contributed by atoms with van der Waals surface area (Å²) < 4.78 is 11.0. The van der Waals surface area contributed by atoms with Crippen LogP contribution in [0.1, 0.15) is 43.6 Å². The van der Waals surface area contributed by atoms with Crippen molar-refractivity contribution in [3.63, 3.8) is 0 Å². The molecule has 2 heterocycles. The van der Waals surface area contributed by atoms with E-state index in [4.69, 9.17) is 8.83 Å². The van der Waals surface area contributed by atoms with Gasteiger partial charge in [0.05, 0.1) is 12.3 Å². The number of rotatable bonds is 7. The zero-order valence-corrected chi connectivity index (χ0v) is 13.6. The molecule has 0 amide bonds. The Hall–Kier alpha value is -2.17. The molecule has 0 aromatic carbocycles. The van der Waals surface area contributed by atoms with E-state index in [1.807, 2.05) is 31.2 Å². The predicted molar refractivity (Wildman–Crippen MR) is 88.0 cm³/mol. The Kier molecular flexibility index (Phi) is 6.13. The Balaban J connectivity index is 1.88. The smallest absolute Gasteiger partial charge is 0.191 e. The van der Waals surface area contributed by atoms with Crippen molar-refractivity contribution in [1.29, 1.82) is 0 Å². The minimum atomic E-state index is 0.0698. The van der Waals surface area contributed by atoms with Crippen molar-refractivity contribution in [2.24, 2.45) is 4.99 Å². The maximum Gasteiger partial charge on any atom is 0.191 e. The third kappa shape index (κ3) is 4.98. The Labute approximate surface area is 131 Å². The molecule has 0 saturated heterocycles. The highest BCUT2D eigenvalue weighted by Gasteiger charge is 2.11.